The summed E-state index contributed by atoms with van der Waals surface area (Å²) in [4.78, 5) is 9.79. The lowest BCUT2D eigenvalue weighted by molar-refractivity contribution is -0.121. The van der Waals surface area contributed by atoms with Gasteiger partial charge in [0.25, 0.3) is 5.91 Å². The van der Waals surface area contributed by atoms with Crippen LogP contribution in [-0.4, -0.2) is 12.1 Å². The molecule has 0 spiro atoms. The van der Waals surface area contributed by atoms with Crippen LogP contribution in [0.2, 0.25) is 0 Å². The molecule has 0 rings (SSSR count). The van der Waals surface area contributed by atoms with Crippen molar-refractivity contribution in [2.24, 2.45) is 0 Å². The SMILES string of the molecule is O=C(/C=C/C(F)(F)F)NF. The van der Waals surface area contributed by atoms with Gasteiger partial charge in [-0.05, 0) is 0 Å². The van der Waals surface area contributed by atoms with Gasteiger partial charge >= 0.3 is 6.18 Å². The first kappa shape index (κ1) is 8.93. The van der Waals surface area contributed by atoms with Gasteiger partial charge in [-0.15, -0.1) is 0 Å². The van der Waals surface area contributed by atoms with E-state index in [4.69, 9.17) is 0 Å². The molecule has 0 aliphatic heterocycles. The summed E-state index contributed by atoms with van der Waals surface area (Å²) in [5, 5.41) is 0. The Morgan fingerprint density at radius 2 is 1.90 bits per heavy atom. The van der Waals surface area contributed by atoms with E-state index in [1.54, 1.807) is 0 Å². The molecule has 0 aromatic carbocycles. The van der Waals surface area contributed by atoms with Gasteiger partial charge in [-0.3, -0.25) is 4.79 Å². The van der Waals surface area contributed by atoms with Crippen LogP contribution < -0.4 is 5.54 Å². The molecule has 1 amide bonds. The summed E-state index contributed by atoms with van der Waals surface area (Å²) < 4.78 is 44.4. The van der Waals surface area contributed by atoms with Crippen LogP contribution in [0.4, 0.5) is 17.7 Å². The van der Waals surface area contributed by atoms with Gasteiger partial charge in [-0.1, -0.05) is 4.48 Å². The number of allylic oxidation sites excluding steroid dienone is 1. The largest absolute Gasteiger partial charge is 0.409 e. The van der Waals surface area contributed by atoms with Crippen molar-refractivity contribution in [3.63, 3.8) is 0 Å². The average molecular weight is 157 g/mol. The van der Waals surface area contributed by atoms with Crippen LogP contribution >= 0.6 is 0 Å². The Kier molecular flexibility index (Phi) is 2.85. The summed E-state index contributed by atoms with van der Waals surface area (Å²) in [5.41, 5.74) is 0.512. The highest BCUT2D eigenvalue weighted by Gasteiger charge is 2.22. The molecule has 10 heavy (non-hydrogen) atoms. The molecule has 0 radical (unpaired) electrons. The number of alkyl halides is 3. The van der Waals surface area contributed by atoms with Crippen LogP contribution in [0.1, 0.15) is 0 Å². The van der Waals surface area contributed by atoms with Gasteiger partial charge in [0.15, 0.2) is 0 Å². The summed E-state index contributed by atoms with van der Waals surface area (Å²) in [6.07, 6.45) is -4.88. The Morgan fingerprint density at radius 3 is 2.20 bits per heavy atom. The fraction of sp³-hybridized carbons (Fsp3) is 0.250. The minimum absolute atomic E-state index is 0.0556. The normalized spacial score (nSPS) is 12.0. The Morgan fingerprint density at radius 1 is 1.40 bits per heavy atom. The maximum atomic E-state index is 11.2. The number of carbonyl (C=O) groups excluding carboxylic acids is 1. The number of rotatable bonds is 1. The number of nitrogens with one attached hydrogen (secondary N) is 1. The first-order valence-corrected chi connectivity index (χ1v) is 2.12. The molecule has 0 bridgehead atoms. The molecule has 0 aromatic rings. The van der Waals surface area contributed by atoms with E-state index in [0.29, 0.717) is 5.54 Å². The zero-order chi connectivity index (χ0) is 8.20. The second kappa shape index (κ2) is 3.19. The van der Waals surface area contributed by atoms with E-state index in [1.165, 1.54) is 0 Å². The molecule has 0 atom stereocenters. The van der Waals surface area contributed by atoms with Crippen molar-refractivity contribution in [3.05, 3.63) is 12.2 Å². The molecular weight excluding hydrogens is 154 g/mol. The van der Waals surface area contributed by atoms with E-state index in [1.807, 2.05) is 0 Å². The fourth-order valence-corrected chi connectivity index (χ4v) is 0.202. The minimum atomic E-state index is -4.58. The molecule has 58 valence electrons. The van der Waals surface area contributed by atoms with Crippen molar-refractivity contribution in [3.8, 4) is 0 Å². The fourth-order valence-electron chi connectivity index (χ4n) is 0.202. The minimum Gasteiger partial charge on any atom is -0.267 e. The summed E-state index contributed by atoms with van der Waals surface area (Å²) in [6, 6.07) is 0. The molecule has 0 fully saturated rings. The van der Waals surface area contributed by atoms with Crippen molar-refractivity contribution < 1.29 is 22.4 Å². The highest BCUT2D eigenvalue weighted by atomic mass is 19.4. The molecule has 1 N–H and O–H groups in total. The summed E-state index contributed by atoms with van der Waals surface area (Å²) >= 11 is 0. The van der Waals surface area contributed by atoms with E-state index in [-0.39, 0.29) is 12.2 Å². The Bertz CT molecular complexity index is 150. The van der Waals surface area contributed by atoms with Crippen LogP contribution in [-0.2, 0) is 4.79 Å². The molecule has 0 aliphatic carbocycles. The van der Waals surface area contributed by atoms with E-state index < -0.39 is 12.1 Å². The zero-order valence-corrected chi connectivity index (χ0v) is 4.57. The number of halogens is 4. The third kappa shape index (κ3) is 5.07. The van der Waals surface area contributed by atoms with Gasteiger partial charge in [0.2, 0.25) is 0 Å². The Balaban J connectivity index is 3.88. The van der Waals surface area contributed by atoms with Gasteiger partial charge in [-0.25, -0.2) is 0 Å². The van der Waals surface area contributed by atoms with E-state index >= 15 is 0 Å². The maximum Gasteiger partial charge on any atom is 0.409 e. The summed E-state index contributed by atoms with van der Waals surface area (Å²) in [6.45, 7) is 0. The van der Waals surface area contributed by atoms with E-state index in [2.05, 4.69) is 0 Å². The molecule has 0 saturated carbocycles. The predicted molar refractivity (Wildman–Crippen MR) is 24.4 cm³/mol. The second-order valence-electron chi connectivity index (χ2n) is 1.33. The van der Waals surface area contributed by atoms with Gasteiger partial charge in [0, 0.05) is 12.2 Å². The quantitative estimate of drug-likeness (QED) is 0.344. The first-order chi connectivity index (χ1) is 4.45. The second-order valence-corrected chi connectivity index (χ2v) is 1.33. The third-order valence-corrected chi connectivity index (χ3v) is 0.517. The number of amides is 1. The highest BCUT2D eigenvalue weighted by molar-refractivity contribution is 5.86. The highest BCUT2D eigenvalue weighted by Crippen LogP contribution is 2.15. The zero-order valence-electron chi connectivity index (χ0n) is 4.57. The van der Waals surface area contributed by atoms with Crippen LogP contribution in [0.5, 0.6) is 0 Å². The van der Waals surface area contributed by atoms with Crippen LogP contribution in [0.25, 0.3) is 0 Å². The van der Waals surface area contributed by atoms with E-state index in [9.17, 15) is 22.4 Å². The van der Waals surface area contributed by atoms with E-state index in [0.717, 1.165) is 0 Å². The van der Waals surface area contributed by atoms with Crippen molar-refractivity contribution in [2.75, 3.05) is 0 Å². The lowest BCUT2D eigenvalue weighted by Crippen LogP contribution is -2.11. The molecule has 6 heteroatoms. The van der Waals surface area contributed by atoms with Gasteiger partial charge in [0.05, 0.1) is 0 Å². The molecule has 0 unspecified atom stereocenters. The van der Waals surface area contributed by atoms with Gasteiger partial charge in [-0.2, -0.15) is 18.7 Å². The van der Waals surface area contributed by atoms with Crippen LogP contribution in [0, 0.1) is 0 Å². The van der Waals surface area contributed by atoms with Crippen molar-refractivity contribution in [1.29, 1.82) is 0 Å². The van der Waals surface area contributed by atoms with Crippen LogP contribution in [0.3, 0.4) is 0 Å². The molecule has 0 aromatic heterocycles. The predicted octanol–water partition coefficient (Wildman–Crippen LogP) is 1.11. The smallest absolute Gasteiger partial charge is 0.267 e. The Labute approximate surface area is 53.5 Å². The number of hydrogen-bond donors (Lipinski definition) is 1. The topological polar surface area (TPSA) is 29.1 Å². The third-order valence-electron chi connectivity index (χ3n) is 0.517. The number of hydrogen-bond acceptors (Lipinski definition) is 1. The monoisotopic (exact) mass is 157 g/mol. The van der Waals surface area contributed by atoms with Gasteiger partial charge in [0.1, 0.15) is 0 Å². The van der Waals surface area contributed by atoms with Crippen molar-refractivity contribution >= 4 is 5.91 Å². The standard InChI is InChI=1S/C4H3F4NO/c5-4(6,7)2-1-3(10)9-8/h1-2H,(H,9,10)/b2-1+. The summed E-state index contributed by atoms with van der Waals surface area (Å²) in [7, 11) is 0. The lowest BCUT2D eigenvalue weighted by Gasteiger charge is -1.94. The molecule has 2 nitrogen and oxygen atoms in total. The maximum absolute atomic E-state index is 11.2. The van der Waals surface area contributed by atoms with Crippen LogP contribution in [0.15, 0.2) is 12.2 Å². The van der Waals surface area contributed by atoms with Crippen molar-refractivity contribution in [1.82, 2.24) is 5.54 Å². The number of carbonyl (C=O) groups is 1. The molecule has 0 aliphatic rings. The molecule has 0 heterocycles. The Hall–Kier alpha value is -1.07. The lowest BCUT2D eigenvalue weighted by atomic mass is 10.5. The average Bonchev–Trinajstić information content (AvgIpc) is 1.81. The molecular formula is C4H3F4NO. The summed E-state index contributed by atoms with van der Waals surface area (Å²) in [5.74, 6) is -1.43. The first-order valence-electron chi connectivity index (χ1n) is 2.12. The van der Waals surface area contributed by atoms with Crippen molar-refractivity contribution in [2.45, 2.75) is 6.18 Å². The molecule has 0 saturated heterocycles. The van der Waals surface area contributed by atoms with Gasteiger partial charge < -0.3 is 0 Å².